The van der Waals surface area contributed by atoms with Crippen LogP contribution >= 0.6 is 0 Å². The van der Waals surface area contributed by atoms with Crippen LogP contribution in [0.3, 0.4) is 0 Å². The first-order chi connectivity index (χ1) is 15.2. The molecule has 3 aliphatic carbocycles. The molecule has 0 radical (unpaired) electrons. The average Bonchev–Trinajstić information content (AvgIpc) is 3.33. The van der Waals surface area contributed by atoms with E-state index in [0.717, 1.165) is 30.7 Å². The Bertz CT molecular complexity index is 763. The van der Waals surface area contributed by atoms with Crippen molar-refractivity contribution >= 4 is 0 Å². The fourth-order valence-electron chi connectivity index (χ4n) is 7.45. The fourth-order valence-corrected chi connectivity index (χ4v) is 7.45. The Labute approximate surface area is 192 Å². The zero-order chi connectivity index (χ0) is 23.0. The molecule has 0 amide bonds. The van der Waals surface area contributed by atoms with Crippen molar-refractivity contribution in [3.8, 4) is 0 Å². The van der Waals surface area contributed by atoms with Crippen LogP contribution in [0.15, 0.2) is 35.5 Å². The van der Waals surface area contributed by atoms with E-state index < -0.39 is 24.6 Å². The van der Waals surface area contributed by atoms with E-state index in [1.165, 1.54) is 31.3 Å². The number of nitrogens with zero attached hydrogens (tertiary/aromatic N) is 1. The highest BCUT2D eigenvalue weighted by Gasteiger charge is 2.51. The van der Waals surface area contributed by atoms with Gasteiger partial charge in [-0.05, 0) is 85.8 Å². The van der Waals surface area contributed by atoms with Crippen molar-refractivity contribution in [3.05, 3.63) is 35.5 Å². The summed E-state index contributed by atoms with van der Waals surface area (Å²) >= 11 is 0. The minimum absolute atomic E-state index is 0.270. The molecule has 0 bridgehead atoms. The molecule has 0 aromatic rings. The third-order valence-electron chi connectivity index (χ3n) is 9.20. The first kappa shape index (κ1) is 24.1. The second-order valence-electron chi connectivity index (χ2n) is 11.3. The van der Waals surface area contributed by atoms with E-state index in [1.807, 2.05) is 0 Å². The second kappa shape index (κ2) is 9.68. The van der Waals surface area contributed by atoms with Gasteiger partial charge >= 0.3 is 0 Å². The minimum Gasteiger partial charge on any atom is -0.393 e. The van der Waals surface area contributed by atoms with E-state index in [0.29, 0.717) is 43.6 Å². The zero-order valence-electron chi connectivity index (χ0n) is 19.8. The van der Waals surface area contributed by atoms with Crippen LogP contribution < -0.4 is 0 Å². The third-order valence-corrected chi connectivity index (χ3v) is 9.20. The van der Waals surface area contributed by atoms with Crippen molar-refractivity contribution in [2.24, 2.45) is 29.1 Å². The first-order valence-electron chi connectivity index (χ1n) is 12.6. The summed E-state index contributed by atoms with van der Waals surface area (Å²) < 4.78 is 26.2. The Balaban J connectivity index is 1.44. The molecule has 4 fully saturated rings. The maximum absolute atomic E-state index is 13.1. The molecule has 2 N–H and O–H groups in total. The Morgan fingerprint density at radius 1 is 1.22 bits per heavy atom. The average molecular weight is 450 g/mol. The van der Waals surface area contributed by atoms with Crippen LogP contribution in [-0.2, 0) is 0 Å². The van der Waals surface area contributed by atoms with Crippen molar-refractivity contribution in [1.29, 1.82) is 0 Å². The summed E-state index contributed by atoms with van der Waals surface area (Å²) in [6.45, 7) is 11.1. The molecular weight excluding hydrogens is 408 g/mol. The highest BCUT2D eigenvalue weighted by atomic mass is 19.3. The molecule has 32 heavy (non-hydrogen) atoms. The molecule has 0 spiro atoms. The SMILES string of the molecule is C=C1C(=CC=C2CCC[C@]3(C)[C@@H](C(C)CN4CCC(C(F)F)C4)CC[C@@H]23)C[C@@H](O)C[C@@H]1O. The zero-order valence-corrected chi connectivity index (χ0v) is 19.8. The molecule has 4 rings (SSSR count). The van der Waals surface area contributed by atoms with E-state index in [9.17, 15) is 19.0 Å². The molecule has 1 saturated heterocycles. The van der Waals surface area contributed by atoms with E-state index in [1.54, 1.807) is 0 Å². The molecular formula is C27H41F2NO2. The van der Waals surface area contributed by atoms with E-state index in [-0.39, 0.29) is 5.41 Å². The van der Waals surface area contributed by atoms with Crippen LogP contribution in [0.2, 0.25) is 0 Å². The summed E-state index contributed by atoms with van der Waals surface area (Å²) in [7, 11) is 0. The number of allylic oxidation sites excluding steroid dienone is 3. The topological polar surface area (TPSA) is 43.7 Å². The minimum atomic E-state index is -2.19. The third kappa shape index (κ3) is 4.76. The van der Waals surface area contributed by atoms with Crippen LogP contribution in [0.5, 0.6) is 0 Å². The number of aliphatic hydroxyl groups is 2. The van der Waals surface area contributed by atoms with E-state index >= 15 is 0 Å². The van der Waals surface area contributed by atoms with Gasteiger partial charge in [0.05, 0.1) is 12.2 Å². The molecule has 2 unspecified atom stereocenters. The number of halogens is 2. The summed E-state index contributed by atoms with van der Waals surface area (Å²) in [6.07, 6.45) is 8.56. The molecule has 0 aromatic carbocycles. The fraction of sp³-hybridized carbons (Fsp3) is 0.778. The number of aliphatic hydroxyl groups excluding tert-OH is 2. The normalized spacial score (nSPS) is 42.2. The van der Waals surface area contributed by atoms with Gasteiger partial charge in [0, 0.05) is 25.4 Å². The van der Waals surface area contributed by atoms with Gasteiger partial charge in [-0.1, -0.05) is 38.2 Å². The van der Waals surface area contributed by atoms with Crippen molar-refractivity contribution in [2.75, 3.05) is 19.6 Å². The highest BCUT2D eigenvalue weighted by Crippen LogP contribution is 2.59. The van der Waals surface area contributed by atoms with Gasteiger partial charge in [-0.15, -0.1) is 0 Å². The van der Waals surface area contributed by atoms with Crippen molar-refractivity contribution in [2.45, 2.75) is 83.8 Å². The maximum atomic E-state index is 13.1. The van der Waals surface area contributed by atoms with Crippen LogP contribution in [0.4, 0.5) is 8.78 Å². The quantitative estimate of drug-likeness (QED) is 0.595. The molecule has 5 heteroatoms. The Hall–Kier alpha value is -1.04. The smallest absolute Gasteiger partial charge is 0.242 e. The lowest BCUT2D eigenvalue weighted by Crippen LogP contribution is -2.39. The van der Waals surface area contributed by atoms with Gasteiger partial charge < -0.3 is 15.1 Å². The summed E-state index contributed by atoms with van der Waals surface area (Å²) in [6, 6.07) is 0. The standard InChI is InChI=1S/C27H41F2NO2/c1-17(15-30-12-10-21(16-30)26(28)29)23-8-9-24-19(5-4-11-27(23,24)3)6-7-20-13-22(31)14-25(32)18(20)2/h6-7,17,21-26,31-32H,2,4-5,8-16H2,1,3H3/t17?,21?,22-,23-,24+,25+,27-/m1/s1. The predicted molar refractivity (Wildman–Crippen MR) is 124 cm³/mol. The Morgan fingerprint density at radius 3 is 2.72 bits per heavy atom. The number of fused-ring (bicyclic) bond motifs is 1. The highest BCUT2D eigenvalue weighted by molar-refractivity contribution is 5.38. The number of rotatable bonds is 5. The first-order valence-corrected chi connectivity index (χ1v) is 12.6. The van der Waals surface area contributed by atoms with Crippen LogP contribution in [0.1, 0.15) is 65.2 Å². The Kier molecular flexibility index (Phi) is 7.29. The second-order valence-corrected chi connectivity index (χ2v) is 11.3. The summed E-state index contributed by atoms with van der Waals surface area (Å²) in [5, 5.41) is 20.2. The van der Waals surface area contributed by atoms with Gasteiger partial charge in [-0.25, -0.2) is 8.78 Å². The number of alkyl halides is 2. The largest absolute Gasteiger partial charge is 0.393 e. The van der Waals surface area contributed by atoms with Gasteiger partial charge in [-0.2, -0.15) is 0 Å². The van der Waals surface area contributed by atoms with Crippen molar-refractivity contribution in [3.63, 3.8) is 0 Å². The van der Waals surface area contributed by atoms with Gasteiger partial charge in [0.15, 0.2) is 0 Å². The number of likely N-dealkylation sites (tertiary alicyclic amines) is 1. The van der Waals surface area contributed by atoms with Gasteiger partial charge in [0.1, 0.15) is 0 Å². The lowest BCUT2D eigenvalue weighted by Gasteiger charge is -2.45. The maximum Gasteiger partial charge on any atom is 0.242 e. The predicted octanol–water partition coefficient (Wildman–Crippen LogP) is 5.35. The number of hydrogen-bond donors (Lipinski definition) is 2. The molecule has 3 saturated carbocycles. The van der Waals surface area contributed by atoms with Gasteiger partial charge in [0.2, 0.25) is 6.43 Å². The lowest BCUT2D eigenvalue weighted by molar-refractivity contribution is 0.0672. The van der Waals surface area contributed by atoms with Crippen LogP contribution in [-0.4, -0.2) is 53.4 Å². The molecule has 4 aliphatic rings. The van der Waals surface area contributed by atoms with Crippen LogP contribution in [0.25, 0.3) is 0 Å². The summed E-state index contributed by atoms with van der Waals surface area (Å²) in [5.41, 5.74) is 3.49. The van der Waals surface area contributed by atoms with E-state index in [2.05, 4.69) is 37.5 Å². The summed E-state index contributed by atoms with van der Waals surface area (Å²) in [4.78, 5) is 2.27. The number of hydrogen-bond acceptors (Lipinski definition) is 3. The summed E-state index contributed by atoms with van der Waals surface area (Å²) in [5.74, 6) is 1.27. The molecule has 0 aromatic heterocycles. The van der Waals surface area contributed by atoms with Crippen LogP contribution in [0, 0.1) is 29.1 Å². The monoisotopic (exact) mass is 449 g/mol. The lowest BCUT2D eigenvalue weighted by atomic mass is 9.61. The van der Waals surface area contributed by atoms with Crippen molar-refractivity contribution < 1.29 is 19.0 Å². The molecule has 7 atom stereocenters. The molecule has 3 nitrogen and oxygen atoms in total. The molecule has 1 aliphatic heterocycles. The Morgan fingerprint density at radius 2 is 2.00 bits per heavy atom. The van der Waals surface area contributed by atoms with Gasteiger partial charge in [-0.3, -0.25) is 0 Å². The van der Waals surface area contributed by atoms with E-state index in [4.69, 9.17) is 0 Å². The molecule has 180 valence electrons. The van der Waals surface area contributed by atoms with Gasteiger partial charge in [0.25, 0.3) is 0 Å². The van der Waals surface area contributed by atoms with Crippen molar-refractivity contribution in [1.82, 2.24) is 4.90 Å². The molecule has 1 heterocycles.